The molecule has 11 heteroatoms. The van der Waals surface area contributed by atoms with E-state index in [2.05, 4.69) is 5.32 Å². The van der Waals surface area contributed by atoms with Crippen LogP contribution < -0.4 is 14.4 Å². The lowest BCUT2D eigenvalue weighted by molar-refractivity contribution is -0.140. The number of methoxy groups -OCH3 is 1. The maximum atomic E-state index is 13.9. The first kappa shape index (κ1) is 29.3. The van der Waals surface area contributed by atoms with Gasteiger partial charge in [-0.1, -0.05) is 66.5 Å². The summed E-state index contributed by atoms with van der Waals surface area (Å²) in [5.41, 5.74) is 0.754. The summed E-state index contributed by atoms with van der Waals surface area (Å²) >= 11 is 12.6. The first-order valence-corrected chi connectivity index (χ1v) is 14.0. The summed E-state index contributed by atoms with van der Waals surface area (Å²) in [4.78, 5) is 28.0. The number of nitrogens with zero attached hydrogens (tertiary/aromatic N) is 2. The molecule has 0 bridgehead atoms. The van der Waals surface area contributed by atoms with Crippen molar-refractivity contribution in [2.24, 2.45) is 0 Å². The molecule has 3 aromatic carbocycles. The summed E-state index contributed by atoms with van der Waals surface area (Å²) in [5, 5.41) is 2.71. The third kappa shape index (κ3) is 6.59. The molecule has 3 rings (SSSR count). The van der Waals surface area contributed by atoms with Crippen molar-refractivity contribution in [3.63, 3.8) is 0 Å². The summed E-state index contributed by atoms with van der Waals surface area (Å²) in [7, 11) is -1.23. The van der Waals surface area contributed by atoms with E-state index in [9.17, 15) is 18.0 Å². The Morgan fingerprint density at radius 3 is 2.32 bits per heavy atom. The van der Waals surface area contributed by atoms with Crippen LogP contribution in [0.2, 0.25) is 10.0 Å². The monoisotopic (exact) mass is 577 g/mol. The highest BCUT2D eigenvalue weighted by Gasteiger charge is 2.34. The first-order chi connectivity index (χ1) is 18.1. The molecular weight excluding hydrogens is 549 g/mol. The number of hydrogen-bond acceptors (Lipinski definition) is 5. The van der Waals surface area contributed by atoms with Crippen LogP contribution in [0, 0.1) is 0 Å². The number of halogens is 2. The van der Waals surface area contributed by atoms with Gasteiger partial charge in [0.15, 0.2) is 0 Å². The van der Waals surface area contributed by atoms with Crippen molar-refractivity contribution >= 4 is 50.7 Å². The zero-order chi connectivity index (χ0) is 27.9. The maximum absolute atomic E-state index is 13.9. The Kier molecular flexibility index (Phi) is 10.0. The molecule has 0 aromatic heterocycles. The number of carbonyl (C=O) groups is 2. The average Bonchev–Trinajstić information content (AvgIpc) is 2.93. The van der Waals surface area contributed by atoms with Crippen LogP contribution in [-0.2, 0) is 26.2 Å². The highest BCUT2D eigenvalue weighted by Crippen LogP contribution is 2.35. The Morgan fingerprint density at radius 2 is 1.68 bits per heavy atom. The van der Waals surface area contributed by atoms with Crippen LogP contribution in [0.5, 0.6) is 5.75 Å². The maximum Gasteiger partial charge on any atom is 0.264 e. The van der Waals surface area contributed by atoms with Crippen molar-refractivity contribution < 1.29 is 22.7 Å². The predicted octanol–water partition coefficient (Wildman–Crippen LogP) is 4.75. The van der Waals surface area contributed by atoms with E-state index in [1.807, 2.05) is 0 Å². The zero-order valence-corrected chi connectivity index (χ0v) is 23.6. The fourth-order valence-electron chi connectivity index (χ4n) is 3.97. The lowest BCUT2D eigenvalue weighted by Gasteiger charge is -2.33. The molecule has 0 unspecified atom stereocenters. The molecule has 3 aromatic rings. The number of benzene rings is 3. The number of carbonyl (C=O) groups excluding carboxylic acids is 2. The lowest BCUT2D eigenvalue weighted by atomic mass is 10.1. The largest absolute Gasteiger partial charge is 0.497 e. The molecule has 0 spiro atoms. The van der Waals surface area contributed by atoms with E-state index in [0.29, 0.717) is 17.7 Å². The highest BCUT2D eigenvalue weighted by molar-refractivity contribution is 7.92. The van der Waals surface area contributed by atoms with Crippen molar-refractivity contribution in [3.8, 4) is 5.75 Å². The predicted molar refractivity (Wildman–Crippen MR) is 149 cm³/mol. The van der Waals surface area contributed by atoms with Gasteiger partial charge in [-0.05, 0) is 48.4 Å². The standard InChI is InChI=1S/C27H29Cl2N3O5S/c1-4-23(27(34)30-2)31(17-19-10-8-11-20(16-19)37-3)25(33)18-32(24-15-9-14-22(28)26(24)29)38(35,36)21-12-6-5-7-13-21/h5-16,23H,4,17-18H2,1-3H3,(H,30,34)/t23-/m1/s1. The van der Waals surface area contributed by atoms with Gasteiger partial charge < -0.3 is 15.0 Å². The smallest absolute Gasteiger partial charge is 0.264 e. The van der Waals surface area contributed by atoms with Crippen molar-refractivity contribution in [2.75, 3.05) is 25.0 Å². The molecule has 2 amide bonds. The fraction of sp³-hybridized carbons (Fsp3) is 0.259. The minimum absolute atomic E-state index is 0.0147. The molecule has 1 atom stereocenters. The molecule has 1 N–H and O–H groups in total. The van der Waals surface area contributed by atoms with Crippen LogP contribution in [-0.4, -0.2) is 51.9 Å². The second-order valence-electron chi connectivity index (χ2n) is 8.31. The van der Waals surface area contributed by atoms with E-state index in [-0.39, 0.29) is 33.1 Å². The normalized spacial score (nSPS) is 11.9. The molecule has 0 saturated heterocycles. The minimum atomic E-state index is -4.24. The van der Waals surface area contributed by atoms with Gasteiger partial charge in [-0.2, -0.15) is 0 Å². The Hall–Kier alpha value is -3.27. The van der Waals surface area contributed by atoms with Gasteiger partial charge in [0, 0.05) is 13.6 Å². The fourth-order valence-corrected chi connectivity index (χ4v) is 5.87. The molecule has 0 radical (unpaired) electrons. The van der Waals surface area contributed by atoms with Crippen molar-refractivity contribution in [1.29, 1.82) is 0 Å². The molecule has 0 fully saturated rings. The van der Waals surface area contributed by atoms with Crippen molar-refractivity contribution in [1.82, 2.24) is 10.2 Å². The lowest BCUT2D eigenvalue weighted by Crippen LogP contribution is -2.51. The van der Waals surface area contributed by atoms with E-state index >= 15 is 0 Å². The van der Waals surface area contributed by atoms with Crippen LogP contribution in [0.4, 0.5) is 5.69 Å². The summed E-state index contributed by atoms with van der Waals surface area (Å²) in [6.45, 7) is 1.21. The van der Waals surface area contributed by atoms with Gasteiger partial charge in [0.2, 0.25) is 11.8 Å². The van der Waals surface area contributed by atoms with Gasteiger partial charge in [-0.25, -0.2) is 8.42 Å². The van der Waals surface area contributed by atoms with E-state index in [1.54, 1.807) is 55.5 Å². The number of anilines is 1. The second kappa shape index (κ2) is 13.0. The van der Waals surface area contributed by atoms with Gasteiger partial charge in [-0.3, -0.25) is 13.9 Å². The molecule has 0 aliphatic carbocycles. The number of sulfonamides is 1. The summed E-state index contributed by atoms with van der Waals surface area (Å²) in [6.07, 6.45) is 0.304. The van der Waals surface area contributed by atoms with Gasteiger partial charge >= 0.3 is 0 Å². The quantitative estimate of drug-likeness (QED) is 0.354. The first-order valence-electron chi connectivity index (χ1n) is 11.8. The number of nitrogens with one attached hydrogen (secondary N) is 1. The Bertz CT molecular complexity index is 1390. The second-order valence-corrected chi connectivity index (χ2v) is 11.0. The summed E-state index contributed by atoms with van der Waals surface area (Å²) in [5.74, 6) is -0.386. The SMILES string of the molecule is CC[C@H](C(=O)NC)N(Cc1cccc(OC)c1)C(=O)CN(c1cccc(Cl)c1Cl)S(=O)(=O)c1ccccc1. The molecule has 38 heavy (non-hydrogen) atoms. The van der Waals surface area contributed by atoms with Crippen LogP contribution in [0.15, 0.2) is 77.7 Å². The van der Waals surface area contributed by atoms with Crippen LogP contribution >= 0.6 is 23.2 Å². The number of hydrogen-bond donors (Lipinski definition) is 1. The Labute approximate surface area is 233 Å². The Morgan fingerprint density at radius 1 is 1.00 bits per heavy atom. The van der Waals surface area contributed by atoms with E-state index in [1.165, 1.54) is 43.3 Å². The average molecular weight is 579 g/mol. The van der Waals surface area contributed by atoms with E-state index in [4.69, 9.17) is 27.9 Å². The number of amides is 2. The van der Waals surface area contributed by atoms with Gasteiger partial charge in [0.1, 0.15) is 18.3 Å². The minimum Gasteiger partial charge on any atom is -0.497 e. The van der Waals surface area contributed by atoms with Crippen LogP contribution in [0.25, 0.3) is 0 Å². The number of likely N-dealkylation sites (N-methyl/N-ethyl adjacent to an activating group) is 1. The molecule has 8 nitrogen and oxygen atoms in total. The summed E-state index contributed by atoms with van der Waals surface area (Å²) < 4.78 is 33.8. The zero-order valence-electron chi connectivity index (χ0n) is 21.2. The van der Waals surface area contributed by atoms with Crippen LogP contribution in [0.3, 0.4) is 0 Å². The van der Waals surface area contributed by atoms with Crippen LogP contribution in [0.1, 0.15) is 18.9 Å². The molecule has 0 aliphatic rings. The molecule has 0 aliphatic heterocycles. The number of rotatable bonds is 11. The van der Waals surface area contributed by atoms with Gasteiger partial charge in [-0.15, -0.1) is 0 Å². The molecular formula is C27H29Cl2N3O5S. The van der Waals surface area contributed by atoms with Gasteiger partial charge in [0.05, 0.1) is 27.7 Å². The summed E-state index contributed by atoms with van der Waals surface area (Å²) in [6, 6.07) is 18.5. The topological polar surface area (TPSA) is 96.0 Å². The number of ether oxygens (including phenoxy) is 1. The third-order valence-corrected chi connectivity index (χ3v) is 8.51. The Balaban J connectivity index is 2.10. The van der Waals surface area contributed by atoms with Gasteiger partial charge in [0.25, 0.3) is 10.0 Å². The molecule has 0 heterocycles. The van der Waals surface area contributed by atoms with E-state index in [0.717, 1.165) is 4.31 Å². The highest BCUT2D eigenvalue weighted by atomic mass is 35.5. The van der Waals surface area contributed by atoms with Crippen molar-refractivity contribution in [3.05, 3.63) is 88.4 Å². The third-order valence-electron chi connectivity index (χ3n) is 5.93. The molecule has 0 saturated carbocycles. The van der Waals surface area contributed by atoms with E-state index < -0.39 is 28.5 Å². The van der Waals surface area contributed by atoms with Crippen molar-refractivity contribution in [2.45, 2.75) is 30.8 Å². The molecule has 202 valence electrons.